The van der Waals surface area contributed by atoms with Gasteiger partial charge in [0.2, 0.25) is 11.8 Å². The molecule has 3 aliphatic rings. The van der Waals surface area contributed by atoms with Gasteiger partial charge in [0.05, 0.1) is 6.04 Å². The van der Waals surface area contributed by atoms with Crippen LogP contribution < -0.4 is 5.73 Å². The summed E-state index contributed by atoms with van der Waals surface area (Å²) in [5.41, 5.74) is 5.80. The van der Waals surface area contributed by atoms with Gasteiger partial charge in [-0.15, -0.1) is 0 Å². The molecule has 0 radical (unpaired) electrons. The number of carboxylic acids is 1. The van der Waals surface area contributed by atoms with Gasteiger partial charge >= 0.3 is 12.1 Å². The van der Waals surface area contributed by atoms with Crippen LogP contribution in [-0.2, 0) is 14.4 Å². The molecule has 0 aromatic carbocycles. The Hall–Kier alpha value is -2.36. The number of amides is 2. The van der Waals surface area contributed by atoms with Crippen molar-refractivity contribution in [3.63, 3.8) is 0 Å². The van der Waals surface area contributed by atoms with Crippen molar-refractivity contribution in [1.29, 1.82) is 0 Å². The predicted octanol–water partition coefficient (Wildman–Crippen LogP) is 0.378. The maximum Gasteiger partial charge on any atom is 0.406 e. The number of nitrogens with zero attached hydrogens (tertiary/aromatic N) is 2. The number of carboxylic acid groups (broad SMARTS) is 1. The molecule has 25 heavy (non-hydrogen) atoms. The average Bonchev–Trinajstić information content (AvgIpc) is 2.84. The third-order valence-corrected chi connectivity index (χ3v) is 4.66. The molecule has 3 N–H and O–H groups in total. The van der Waals surface area contributed by atoms with Crippen LogP contribution in [0.3, 0.4) is 0 Å². The van der Waals surface area contributed by atoms with Gasteiger partial charge in [0.1, 0.15) is 18.3 Å². The summed E-state index contributed by atoms with van der Waals surface area (Å²) >= 11 is 0. The normalized spacial score (nSPS) is 28.6. The van der Waals surface area contributed by atoms with E-state index < -0.39 is 36.5 Å². The van der Waals surface area contributed by atoms with Crippen LogP contribution in [0.2, 0.25) is 0 Å². The Labute approximate surface area is 140 Å². The number of aliphatic carboxylic acids is 1. The van der Waals surface area contributed by atoms with E-state index in [0.717, 1.165) is 4.90 Å². The summed E-state index contributed by atoms with van der Waals surface area (Å²) in [4.78, 5) is 37.3. The molecular weight excluding hydrogens is 343 g/mol. The number of hydrogen-bond donors (Lipinski definition) is 2. The molecule has 2 fully saturated rings. The Kier molecular flexibility index (Phi) is 4.10. The van der Waals surface area contributed by atoms with Crippen molar-refractivity contribution in [2.24, 2.45) is 5.73 Å². The van der Waals surface area contributed by atoms with Crippen LogP contribution in [0.4, 0.5) is 13.2 Å². The monoisotopic (exact) mass is 359 g/mol. The molecular formula is C15H16F3N3O4. The van der Waals surface area contributed by atoms with Crippen LogP contribution in [0.5, 0.6) is 0 Å². The second-order valence-electron chi connectivity index (χ2n) is 6.28. The highest BCUT2D eigenvalue weighted by Gasteiger charge is 2.50. The molecule has 0 bridgehead atoms. The van der Waals surface area contributed by atoms with Crippen LogP contribution in [0.15, 0.2) is 22.9 Å². The Bertz CT molecular complexity index is 713. The first-order chi connectivity index (χ1) is 11.6. The van der Waals surface area contributed by atoms with E-state index in [1.54, 1.807) is 0 Å². The molecule has 136 valence electrons. The number of hydrogen-bond acceptors (Lipinski definition) is 4. The molecule has 0 saturated carbocycles. The van der Waals surface area contributed by atoms with E-state index in [-0.39, 0.29) is 35.9 Å². The molecule has 7 nitrogen and oxygen atoms in total. The summed E-state index contributed by atoms with van der Waals surface area (Å²) in [6.45, 7) is -1.41. The average molecular weight is 359 g/mol. The third kappa shape index (κ3) is 3.01. The minimum Gasteiger partial charge on any atom is -0.477 e. The first kappa shape index (κ1) is 17.5. The van der Waals surface area contributed by atoms with Crippen LogP contribution >= 0.6 is 0 Å². The van der Waals surface area contributed by atoms with Crippen molar-refractivity contribution in [3.8, 4) is 0 Å². The molecule has 2 atom stereocenters. The van der Waals surface area contributed by atoms with Gasteiger partial charge in [0, 0.05) is 12.1 Å². The molecule has 2 saturated heterocycles. The zero-order valence-corrected chi connectivity index (χ0v) is 13.0. The van der Waals surface area contributed by atoms with E-state index in [4.69, 9.17) is 5.73 Å². The van der Waals surface area contributed by atoms with E-state index in [1.807, 2.05) is 0 Å². The topological polar surface area (TPSA) is 104 Å². The number of halogens is 3. The quantitative estimate of drug-likeness (QED) is 0.560. The van der Waals surface area contributed by atoms with Crippen LogP contribution in [0.1, 0.15) is 19.3 Å². The molecule has 0 unspecified atom stereocenters. The number of alkyl halides is 3. The number of carbonyl (C=O) groups is 3. The number of fused-ring (bicyclic) bond motifs is 1. The zero-order valence-electron chi connectivity index (χ0n) is 13.0. The van der Waals surface area contributed by atoms with E-state index in [1.165, 1.54) is 6.08 Å². The van der Waals surface area contributed by atoms with Crippen LogP contribution in [0.25, 0.3) is 0 Å². The van der Waals surface area contributed by atoms with Crippen molar-refractivity contribution in [3.05, 3.63) is 22.9 Å². The lowest BCUT2D eigenvalue weighted by atomic mass is 9.83. The van der Waals surface area contributed by atoms with Gasteiger partial charge in [0.15, 0.2) is 0 Å². The smallest absolute Gasteiger partial charge is 0.406 e. The molecule has 3 rings (SSSR count). The molecule has 0 aromatic heterocycles. The highest BCUT2D eigenvalue weighted by Crippen LogP contribution is 2.37. The summed E-state index contributed by atoms with van der Waals surface area (Å²) in [6.07, 6.45) is -2.34. The summed E-state index contributed by atoms with van der Waals surface area (Å²) in [6, 6.07) is -1.12. The van der Waals surface area contributed by atoms with Crippen molar-refractivity contribution in [1.82, 2.24) is 9.80 Å². The third-order valence-electron chi connectivity index (χ3n) is 4.66. The number of β-lactam (4-membered cyclic amide) rings is 1. The predicted molar refractivity (Wildman–Crippen MR) is 77.8 cm³/mol. The molecule has 3 heterocycles. The number of carbonyl (C=O) groups excluding carboxylic acids is 2. The number of nitrogens with two attached hydrogens (primary N) is 1. The fourth-order valence-electron chi connectivity index (χ4n) is 3.49. The van der Waals surface area contributed by atoms with Gasteiger partial charge in [-0.25, -0.2) is 4.79 Å². The van der Waals surface area contributed by atoms with Crippen molar-refractivity contribution < 1.29 is 32.7 Å². The number of rotatable bonds is 3. The lowest BCUT2D eigenvalue weighted by Crippen LogP contribution is -2.69. The minimum atomic E-state index is -4.49. The Morgan fingerprint density at radius 3 is 2.60 bits per heavy atom. The van der Waals surface area contributed by atoms with Gasteiger partial charge in [-0.05, 0) is 30.9 Å². The molecule has 2 amide bonds. The highest BCUT2D eigenvalue weighted by molar-refractivity contribution is 6.01. The zero-order chi connectivity index (χ0) is 18.5. The number of likely N-dealkylation sites (tertiary alicyclic amines) is 1. The fraction of sp³-hybridized carbons (Fsp3) is 0.533. The number of allylic oxidation sites excluding steroid dienone is 2. The van der Waals surface area contributed by atoms with E-state index in [0.29, 0.717) is 17.7 Å². The second-order valence-corrected chi connectivity index (χ2v) is 6.28. The van der Waals surface area contributed by atoms with Gasteiger partial charge in [-0.3, -0.25) is 14.5 Å². The molecule has 0 spiro atoms. The van der Waals surface area contributed by atoms with E-state index in [9.17, 15) is 32.7 Å². The fourth-order valence-corrected chi connectivity index (χ4v) is 3.49. The maximum absolute atomic E-state index is 12.5. The molecule has 3 aliphatic heterocycles. The second kappa shape index (κ2) is 5.87. The lowest BCUT2D eigenvalue weighted by Gasteiger charge is -2.48. The van der Waals surface area contributed by atoms with Gasteiger partial charge in [0.25, 0.3) is 0 Å². The van der Waals surface area contributed by atoms with Gasteiger partial charge < -0.3 is 15.7 Å². The lowest BCUT2D eigenvalue weighted by molar-refractivity contribution is -0.156. The van der Waals surface area contributed by atoms with Crippen molar-refractivity contribution >= 4 is 17.8 Å². The van der Waals surface area contributed by atoms with Crippen molar-refractivity contribution in [2.75, 3.05) is 13.1 Å². The van der Waals surface area contributed by atoms with E-state index in [2.05, 4.69) is 0 Å². The largest absolute Gasteiger partial charge is 0.477 e. The Balaban J connectivity index is 1.88. The van der Waals surface area contributed by atoms with Gasteiger partial charge in [-0.2, -0.15) is 13.2 Å². The summed E-state index contributed by atoms with van der Waals surface area (Å²) in [5, 5.41) is 9.41. The highest BCUT2D eigenvalue weighted by atomic mass is 19.4. The molecule has 0 aromatic rings. The van der Waals surface area contributed by atoms with Crippen LogP contribution in [0, 0.1) is 0 Å². The minimum absolute atomic E-state index is 0.0734. The molecule has 0 aliphatic carbocycles. The summed E-state index contributed by atoms with van der Waals surface area (Å²) < 4.78 is 37.4. The maximum atomic E-state index is 12.5. The summed E-state index contributed by atoms with van der Waals surface area (Å²) in [7, 11) is 0. The van der Waals surface area contributed by atoms with Crippen LogP contribution in [-0.4, -0.2) is 64.0 Å². The SMILES string of the molecule is N[C@@H]1C(=O)N2C(C(=O)O)=C(/C=C3\CCN(CC(F)(F)F)C3=O)CC[C@H]12. The summed E-state index contributed by atoms with van der Waals surface area (Å²) in [5.74, 6) is -2.59. The first-order valence-corrected chi connectivity index (χ1v) is 7.72. The molecule has 10 heteroatoms. The Morgan fingerprint density at radius 2 is 2.00 bits per heavy atom. The first-order valence-electron chi connectivity index (χ1n) is 7.72. The van der Waals surface area contributed by atoms with Gasteiger partial charge in [-0.1, -0.05) is 0 Å². The van der Waals surface area contributed by atoms with Crippen molar-refractivity contribution in [2.45, 2.75) is 37.5 Å². The standard InChI is InChI=1S/C15H16F3N3O4/c16-15(17,18)6-20-4-3-8(12(20)22)5-7-1-2-9-10(19)13(23)21(9)11(7)14(24)25/h5,9-10H,1-4,6,19H2,(H,24,25)/b8-5+/t9-,10+/m1/s1. The Morgan fingerprint density at radius 1 is 1.32 bits per heavy atom. The van der Waals surface area contributed by atoms with E-state index >= 15 is 0 Å².